The monoisotopic (exact) mass is 454 g/mol. The van der Waals surface area contributed by atoms with Crippen LogP contribution in [-0.4, -0.2) is 57.8 Å². The molecule has 1 amide bonds. The number of rotatable bonds is 7. The number of ether oxygens (including phenoxy) is 2. The van der Waals surface area contributed by atoms with E-state index in [0.29, 0.717) is 35.4 Å². The molecule has 0 spiro atoms. The smallest absolute Gasteiger partial charge is 0.407 e. The Labute approximate surface area is 192 Å². The fraction of sp³-hybridized carbons (Fsp3) is 0.409. The molecule has 3 heterocycles. The lowest BCUT2D eigenvalue weighted by Crippen LogP contribution is -2.37. The molecular formula is C22H30N8O3. The zero-order valence-corrected chi connectivity index (χ0v) is 19.7. The summed E-state index contributed by atoms with van der Waals surface area (Å²) < 4.78 is 9.95. The zero-order valence-electron chi connectivity index (χ0n) is 19.7. The van der Waals surface area contributed by atoms with Crippen molar-refractivity contribution in [2.45, 2.75) is 39.2 Å². The molecule has 5 N–H and O–H groups in total. The highest BCUT2D eigenvalue weighted by atomic mass is 16.5. The van der Waals surface area contributed by atoms with Crippen molar-refractivity contribution in [3.8, 4) is 28.4 Å². The van der Waals surface area contributed by atoms with E-state index in [-0.39, 0.29) is 11.5 Å². The summed E-state index contributed by atoms with van der Waals surface area (Å²) in [5.41, 5.74) is 8.46. The summed E-state index contributed by atoms with van der Waals surface area (Å²) in [7, 11) is 2.86. The van der Waals surface area contributed by atoms with Gasteiger partial charge in [-0.1, -0.05) is 20.8 Å². The van der Waals surface area contributed by atoms with Gasteiger partial charge in [0.25, 0.3) is 0 Å². The molecule has 0 unspecified atom stereocenters. The van der Waals surface area contributed by atoms with E-state index in [1.165, 1.54) is 7.11 Å². The molecule has 1 atom stereocenters. The molecule has 0 saturated heterocycles. The summed E-state index contributed by atoms with van der Waals surface area (Å²) in [6.45, 7) is 8.48. The van der Waals surface area contributed by atoms with E-state index in [0.717, 1.165) is 17.1 Å². The van der Waals surface area contributed by atoms with Crippen molar-refractivity contribution in [1.82, 2.24) is 30.2 Å². The maximum atomic E-state index is 11.4. The van der Waals surface area contributed by atoms with Gasteiger partial charge in [0, 0.05) is 36.0 Å². The number of pyridine rings is 1. The van der Waals surface area contributed by atoms with Gasteiger partial charge in [-0.2, -0.15) is 0 Å². The molecule has 0 aliphatic carbocycles. The minimum Gasteiger partial charge on any atom is -0.493 e. The molecule has 0 fully saturated rings. The number of H-pyrrole nitrogens is 1. The third kappa shape index (κ3) is 5.68. The average molecular weight is 455 g/mol. The van der Waals surface area contributed by atoms with Crippen molar-refractivity contribution in [3.63, 3.8) is 0 Å². The number of carbonyl (C=O) groups is 1. The number of amides is 1. The van der Waals surface area contributed by atoms with E-state index >= 15 is 0 Å². The van der Waals surface area contributed by atoms with Crippen molar-refractivity contribution < 1.29 is 14.3 Å². The average Bonchev–Trinajstić information content (AvgIpc) is 3.24. The standard InChI is InChI=1S/C22H30N8O3/c1-12(27-21(31)33-6)10-26-20-24-8-7-14(28-20)17-16(29-19(30-17)22(2,3)4)13-9-15(32-5)18(23)25-11-13/h7-9,11-12H,10H2,1-6H3,(H2,23,25)(H,27,31)(H,29,30)(H,24,26,28)/t12-/m0/s1. The third-order valence-corrected chi connectivity index (χ3v) is 4.82. The summed E-state index contributed by atoms with van der Waals surface area (Å²) >= 11 is 0. The van der Waals surface area contributed by atoms with E-state index < -0.39 is 6.09 Å². The number of methoxy groups -OCH3 is 2. The van der Waals surface area contributed by atoms with Gasteiger partial charge in [-0.15, -0.1) is 0 Å². The van der Waals surface area contributed by atoms with Crippen LogP contribution in [0.25, 0.3) is 22.6 Å². The van der Waals surface area contributed by atoms with E-state index in [9.17, 15) is 4.79 Å². The first kappa shape index (κ1) is 23.8. The fourth-order valence-electron chi connectivity index (χ4n) is 3.01. The van der Waals surface area contributed by atoms with Crippen molar-refractivity contribution in [3.05, 3.63) is 30.4 Å². The molecule has 0 saturated carbocycles. The third-order valence-electron chi connectivity index (χ3n) is 4.82. The van der Waals surface area contributed by atoms with Crippen molar-refractivity contribution in [2.24, 2.45) is 0 Å². The first-order chi connectivity index (χ1) is 15.6. The number of nitrogen functional groups attached to an aromatic ring is 1. The lowest BCUT2D eigenvalue weighted by atomic mass is 9.96. The molecule has 11 heteroatoms. The van der Waals surface area contributed by atoms with Gasteiger partial charge in [0.1, 0.15) is 5.82 Å². The van der Waals surface area contributed by atoms with Gasteiger partial charge in [0.2, 0.25) is 5.95 Å². The molecule has 176 valence electrons. The van der Waals surface area contributed by atoms with Gasteiger partial charge in [0.15, 0.2) is 11.6 Å². The lowest BCUT2D eigenvalue weighted by Gasteiger charge is -2.14. The molecule has 0 aliphatic rings. The number of hydrogen-bond acceptors (Lipinski definition) is 9. The SMILES string of the molecule is COC(=O)N[C@@H](C)CNc1nccc(-c2[nH]c(C(C)(C)C)nc2-c2cnc(N)c(OC)c2)n1. The highest BCUT2D eigenvalue weighted by Crippen LogP contribution is 2.34. The van der Waals surface area contributed by atoms with Gasteiger partial charge in [-0.3, -0.25) is 0 Å². The van der Waals surface area contributed by atoms with Crippen molar-refractivity contribution in [1.29, 1.82) is 0 Å². The number of anilines is 2. The van der Waals surface area contributed by atoms with E-state index in [4.69, 9.17) is 15.5 Å². The highest BCUT2D eigenvalue weighted by Gasteiger charge is 2.24. The maximum Gasteiger partial charge on any atom is 0.407 e. The Balaban J connectivity index is 1.96. The number of carbonyl (C=O) groups excluding carboxylic acids is 1. The van der Waals surface area contributed by atoms with Crippen molar-refractivity contribution in [2.75, 3.05) is 31.8 Å². The lowest BCUT2D eigenvalue weighted by molar-refractivity contribution is 0.168. The molecule has 33 heavy (non-hydrogen) atoms. The highest BCUT2D eigenvalue weighted by molar-refractivity contribution is 5.78. The second-order valence-corrected chi connectivity index (χ2v) is 8.55. The number of aromatic nitrogens is 5. The predicted molar refractivity (Wildman–Crippen MR) is 126 cm³/mol. The van der Waals surface area contributed by atoms with Gasteiger partial charge >= 0.3 is 6.09 Å². The Morgan fingerprint density at radius 1 is 1.24 bits per heavy atom. The van der Waals surface area contributed by atoms with E-state index in [2.05, 4.69) is 56.1 Å². The van der Waals surface area contributed by atoms with Gasteiger partial charge in [-0.25, -0.2) is 24.7 Å². The second kappa shape index (κ2) is 9.72. The number of hydrogen-bond donors (Lipinski definition) is 4. The summed E-state index contributed by atoms with van der Waals surface area (Å²) in [6, 6.07) is 3.41. The molecule has 0 aliphatic heterocycles. The van der Waals surface area contributed by atoms with Gasteiger partial charge in [-0.05, 0) is 19.1 Å². The predicted octanol–water partition coefficient (Wildman–Crippen LogP) is 2.97. The molecule has 0 aromatic carbocycles. The number of nitrogens with zero attached hydrogens (tertiary/aromatic N) is 4. The Bertz CT molecular complexity index is 1120. The maximum absolute atomic E-state index is 11.4. The Kier molecular flexibility index (Phi) is 7.00. The number of alkyl carbamates (subject to hydrolysis) is 1. The largest absolute Gasteiger partial charge is 0.493 e. The number of nitrogens with two attached hydrogens (primary N) is 1. The number of aromatic amines is 1. The van der Waals surface area contributed by atoms with E-state index in [1.807, 2.05) is 6.92 Å². The van der Waals surface area contributed by atoms with Crippen molar-refractivity contribution >= 4 is 17.9 Å². The van der Waals surface area contributed by atoms with Crippen LogP contribution in [0.1, 0.15) is 33.5 Å². The second-order valence-electron chi connectivity index (χ2n) is 8.55. The Morgan fingerprint density at radius 3 is 2.67 bits per heavy atom. The Morgan fingerprint density at radius 2 is 2.00 bits per heavy atom. The first-order valence-corrected chi connectivity index (χ1v) is 10.4. The van der Waals surface area contributed by atoms with E-state index in [1.54, 1.807) is 31.6 Å². The first-order valence-electron chi connectivity index (χ1n) is 10.4. The van der Waals surface area contributed by atoms with Crippen LogP contribution in [0, 0.1) is 0 Å². The molecule has 0 radical (unpaired) electrons. The van der Waals surface area contributed by atoms with Crippen LogP contribution in [-0.2, 0) is 10.2 Å². The van der Waals surface area contributed by atoms with Crippen LogP contribution in [0.3, 0.4) is 0 Å². The topological polar surface area (TPSA) is 153 Å². The minimum absolute atomic E-state index is 0.187. The van der Waals surface area contributed by atoms with Gasteiger partial charge in [0.05, 0.1) is 31.3 Å². The summed E-state index contributed by atoms with van der Waals surface area (Å²) in [5.74, 6) is 1.98. The summed E-state index contributed by atoms with van der Waals surface area (Å²) in [6.07, 6.45) is 2.82. The van der Waals surface area contributed by atoms with Crippen LogP contribution in [0.4, 0.5) is 16.6 Å². The number of nitrogens with one attached hydrogen (secondary N) is 3. The molecule has 3 aromatic heterocycles. The molecule has 0 bridgehead atoms. The van der Waals surface area contributed by atoms with Crippen LogP contribution < -0.4 is 21.1 Å². The van der Waals surface area contributed by atoms with Crippen LogP contribution in [0.5, 0.6) is 5.75 Å². The molecule has 11 nitrogen and oxygen atoms in total. The number of imidazole rings is 1. The Hall–Kier alpha value is -3.89. The minimum atomic E-state index is -0.497. The molecular weight excluding hydrogens is 424 g/mol. The normalized spacial score (nSPS) is 12.2. The van der Waals surface area contributed by atoms with Crippen LogP contribution in [0.15, 0.2) is 24.5 Å². The molecule has 3 aromatic rings. The van der Waals surface area contributed by atoms with Crippen LogP contribution >= 0.6 is 0 Å². The zero-order chi connectivity index (χ0) is 24.2. The summed E-state index contributed by atoms with van der Waals surface area (Å²) in [5, 5.41) is 5.82. The van der Waals surface area contributed by atoms with Crippen LogP contribution in [0.2, 0.25) is 0 Å². The quantitative estimate of drug-likeness (QED) is 0.422. The van der Waals surface area contributed by atoms with Gasteiger partial charge < -0.3 is 30.8 Å². The fourth-order valence-corrected chi connectivity index (χ4v) is 3.01. The summed E-state index contributed by atoms with van der Waals surface area (Å²) in [4.78, 5) is 32.8. The molecule has 3 rings (SSSR count).